The molecule has 0 saturated carbocycles. The number of hydrogen-bond donors (Lipinski definition) is 1. The van der Waals surface area contributed by atoms with E-state index in [4.69, 9.17) is 0 Å². The van der Waals surface area contributed by atoms with Gasteiger partial charge in [0.2, 0.25) is 5.91 Å². The summed E-state index contributed by atoms with van der Waals surface area (Å²) in [6.07, 6.45) is 4.88. The molecule has 1 N–H and O–H groups in total. The Morgan fingerprint density at radius 2 is 1.60 bits per heavy atom. The number of carbonyl (C=O) groups is 1. The summed E-state index contributed by atoms with van der Waals surface area (Å²) in [7, 11) is 0. The van der Waals surface area contributed by atoms with Crippen LogP contribution in [-0.2, 0) is 4.79 Å². The molecule has 3 nitrogen and oxygen atoms in total. The highest BCUT2D eigenvalue weighted by molar-refractivity contribution is 5.81. The van der Waals surface area contributed by atoms with Crippen molar-refractivity contribution in [2.45, 2.75) is 58.5 Å². The summed E-state index contributed by atoms with van der Waals surface area (Å²) in [4.78, 5) is 14.1. The van der Waals surface area contributed by atoms with Gasteiger partial charge in [-0.2, -0.15) is 0 Å². The first-order valence-corrected chi connectivity index (χ1v) is 6.16. The van der Waals surface area contributed by atoms with Crippen molar-refractivity contribution in [3.63, 3.8) is 0 Å². The van der Waals surface area contributed by atoms with Crippen LogP contribution in [0, 0.1) is 0 Å². The molecule has 15 heavy (non-hydrogen) atoms. The molecule has 1 rings (SSSR count). The molecular formula is C12H24N2O. The highest BCUT2D eigenvalue weighted by atomic mass is 16.2. The summed E-state index contributed by atoms with van der Waals surface area (Å²) in [6, 6.07) is 0.332. The fourth-order valence-electron chi connectivity index (χ4n) is 2.14. The lowest BCUT2D eigenvalue weighted by atomic mass is 10.2. The molecule has 0 aromatic carbocycles. The fraction of sp³-hybridized carbons (Fsp3) is 0.917. The molecule has 1 aliphatic heterocycles. The first kappa shape index (κ1) is 12.5. The maximum Gasteiger partial charge on any atom is 0.239 e. The number of nitrogens with one attached hydrogen (secondary N) is 1. The smallest absolute Gasteiger partial charge is 0.239 e. The number of rotatable bonds is 3. The SMILES string of the molecule is CC(C)NC(C)C(=O)N1CCCCCC1. The summed E-state index contributed by atoms with van der Waals surface area (Å²) in [5.74, 6) is 0.269. The van der Waals surface area contributed by atoms with Crippen molar-refractivity contribution in [2.75, 3.05) is 13.1 Å². The zero-order valence-corrected chi connectivity index (χ0v) is 10.3. The second-order valence-corrected chi connectivity index (χ2v) is 4.78. The molecule has 1 saturated heterocycles. The van der Waals surface area contributed by atoms with Gasteiger partial charge in [0.05, 0.1) is 6.04 Å². The van der Waals surface area contributed by atoms with Crippen molar-refractivity contribution < 1.29 is 4.79 Å². The largest absolute Gasteiger partial charge is 0.341 e. The van der Waals surface area contributed by atoms with E-state index in [0.29, 0.717) is 6.04 Å². The minimum atomic E-state index is -0.0388. The molecule has 0 aliphatic carbocycles. The van der Waals surface area contributed by atoms with Gasteiger partial charge in [-0.05, 0) is 19.8 Å². The van der Waals surface area contributed by atoms with Crippen LogP contribution in [-0.4, -0.2) is 36.0 Å². The van der Waals surface area contributed by atoms with Crippen molar-refractivity contribution in [3.05, 3.63) is 0 Å². The number of nitrogens with zero attached hydrogens (tertiary/aromatic N) is 1. The molecule has 0 radical (unpaired) electrons. The average molecular weight is 212 g/mol. The lowest BCUT2D eigenvalue weighted by molar-refractivity contribution is -0.133. The second-order valence-electron chi connectivity index (χ2n) is 4.78. The monoisotopic (exact) mass is 212 g/mol. The van der Waals surface area contributed by atoms with E-state index < -0.39 is 0 Å². The van der Waals surface area contributed by atoms with Crippen molar-refractivity contribution >= 4 is 5.91 Å². The Balaban J connectivity index is 2.42. The lowest BCUT2D eigenvalue weighted by Crippen LogP contribution is -2.47. The van der Waals surface area contributed by atoms with E-state index >= 15 is 0 Å². The minimum absolute atomic E-state index is 0.0388. The van der Waals surface area contributed by atoms with E-state index in [9.17, 15) is 4.79 Å². The molecule has 0 spiro atoms. The molecule has 1 amide bonds. The third-order valence-corrected chi connectivity index (χ3v) is 2.87. The quantitative estimate of drug-likeness (QED) is 0.773. The Morgan fingerprint density at radius 1 is 1.07 bits per heavy atom. The summed E-state index contributed by atoms with van der Waals surface area (Å²) in [6.45, 7) is 8.01. The average Bonchev–Trinajstić information content (AvgIpc) is 2.43. The van der Waals surface area contributed by atoms with E-state index in [1.165, 1.54) is 25.7 Å². The van der Waals surface area contributed by atoms with Gasteiger partial charge in [0, 0.05) is 19.1 Å². The molecule has 1 atom stereocenters. The topological polar surface area (TPSA) is 32.3 Å². The zero-order chi connectivity index (χ0) is 11.3. The van der Waals surface area contributed by atoms with Gasteiger partial charge in [-0.1, -0.05) is 26.7 Å². The number of hydrogen-bond acceptors (Lipinski definition) is 2. The predicted octanol–water partition coefficient (Wildman–Crippen LogP) is 1.78. The van der Waals surface area contributed by atoms with Gasteiger partial charge in [-0.3, -0.25) is 4.79 Å². The van der Waals surface area contributed by atoms with E-state index in [1.807, 2.05) is 11.8 Å². The van der Waals surface area contributed by atoms with Crippen molar-refractivity contribution in [3.8, 4) is 0 Å². The Hall–Kier alpha value is -0.570. The van der Waals surface area contributed by atoms with Crippen LogP contribution in [0.1, 0.15) is 46.5 Å². The number of likely N-dealkylation sites (tertiary alicyclic amines) is 1. The summed E-state index contributed by atoms with van der Waals surface area (Å²) in [5, 5.41) is 3.27. The van der Waals surface area contributed by atoms with E-state index in [2.05, 4.69) is 19.2 Å². The van der Waals surface area contributed by atoms with Gasteiger partial charge >= 0.3 is 0 Å². The first-order valence-electron chi connectivity index (χ1n) is 6.16. The molecule has 3 heteroatoms. The van der Waals surface area contributed by atoms with Gasteiger partial charge in [0.1, 0.15) is 0 Å². The Bertz CT molecular complexity index is 196. The lowest BCUT2D eigenvalue weighted by Gasteiger charge is -2.25. The van der Waals surface area contributed by atoms with Gasteiger partial charge in [-0.15, -0.1) is 0 Å². The molecule has 1 unspecified atom stereocenters. The van der Waals surface area contributed by atoms with E-state index in [1.54, 1.807) is 0 Å². The number of amides is 1. The van der Waals surface area contributed by atoms with Crippen LogP contribution in [0.25, 0.3) is 0 Å². The normalized spacial score (nSPS) is 20.1. The summed E-state index contributed by atoms with van der Waals surface area (Å²) >= 11 is 0. The Morgan fingerprint density at radius 3 is 2.07 bits per heavy atom. The highest BCUT2D eigenvalue weighted by Crippen LogP contribution is 2.10. The summed E-state index contributed by atoms with van der Waals surface area (Å²) < 4.78 is 0. The van der Waals surface area contributed by atoms with E-state index in [0.717, 1.165) is 13.1 Å². The maximum atomic E-state index is 12.0. The second kappa shape index (κ2) is 6.11. The number of carbonyl (C=O) groups excluding carboxylic acids is 1. The zero-order valence-electron chi connectivity index (χ0n) is 10.3. The van der Waals surface area contributed by atoms with Crippen LogP contribution < -0.4 is 5.32 Å². The highest BCUT2D eigenvalue weighted by Gasteiger charge is 2.21. The van der Waals surface area contributed by atoms with Crippen molar-refractivity contribution in [1.29, 1.82) is 0 Å². The van der Waals surface area contributed by atoms with Crippen molar-refractivity contribution in [2.24, 2.45) is 0 Å². The summed E-state index contributed by atoms with van der Waals surface area (Å²) in [5.41, 5.74) is 0. The maximum absolute atomic E-state index is 12.0. The fourth-order valence-corrected chi connectivity index (χ4v) is 2.14. The van der Waals surface area contributed by atoms with Gasteiger partial charge in [-0.25, -0.2) is 0 Å². The van der Waals surface area contributed by atoms with Crippen LogP contribution in [0.15, 0.2) is 0 Å². The predicted molar refractivity (Wildman–Crippen MR) is 62.8 cm³/mol. The first-order chi connectivity index (χ1) is 7.11. The Labute approximate surface area is 93.2 Å². The van der Waals surface area contributed by atoms with E-state index in [-0.39, 0.29) is 11.9 Å². The van der Waals surface area contributed by atoms with Crippen LogP contribution >= 0.6 is 0 Å². The van der Waals surface area contributed by atoms with Crippen LogP contribution in [0.5, 0.6) is 0 Å². The molecule has 0 bridgehead atoms. The van der Waals surface area contributed by atoms with Crippen LogP contribution in [0.2, 0.25) is 0 Å². The molecule has 0 aromatic rings. The molecular weight excluding hydrogens is 188 g/mol. The van der Waals surface area contributed by atoms with Gasteiger partial charge < -0.3 is 10.2 Å². The van der Waals surface area contributed by atoms with Crippen molar-refractivity contribution in [1.82, 2.24) is 10.2 Å². The molecule has 1 fully saturated rings. The van der Waals surface area contributed by atoms with Crippen LogP contribution in [0.3, 0.4) is 0 Å². The van der Waals surface area contributed by atoms with Gasteiger partial charge in [0.25, 0.3) is 0 Å². The molecule has 1 heterocycles. The Kier molecular flexibility index (Phi) is 5.09. The minimum Gasteiger partial charge on any atom is -0.341 e. The van der Waals surface area contributed by atoms with Gasteiger partial charge in [0.15, 0.2) is 0 Å². The third kappa shape index (κ3) is 4.20. The molecule has 88 valence electrons. The standard InChI is InChI=1S/C12H24N2O/c1-10(2)13-11(3)12(15)14-8-6-4-5-7-9-14/h10-11,13H,4-9H2,1-3H3. The molecule has 0 aromatic heterocycles. The van der Waals surface area contributed by atoms with Crippen LogP contribution in [0.4, 0.5) is 0 Å². The third-order valence-electron chi connectivity index (χ3n) is 2.87. The molecule has 1 aliphatic rings.